The first-order chi connectivity index (χ1) is 9.65. The smallest absolute Gasteiger partial charge is 0.192 e. The van der Waals surface area contributed by atoms with Crippen molar-refractivity contribution in [3.05, 3.63) is 47.5 Å². The second kappa shape index (κ2) is 5.09. The Labute approximate surface area is 117 Å². The molecule has 0 fully saturated rings. The quantitative estimate of drug-likeness (QED) is 0.907. The van der Waals surface area contributed by atoms with Crippen molar-refractivity contribution in [2.45, 2.75) is 26.0 Å². The highest BCUT2D eigenvalue weighted by Gasteiger charge is 2.25. The molecule has 0 radical (unpaired) electrons. The summed E-state index contributed by atoms with van der Waals surface area (Å²) in [4.78, 5) is 8.86. The molecule has 2 heterocycles. The van der Waals surface area contributed by atoms with Crippen molar-refractivity contribution in [3.63, 3.8) is 0 Å². The maximum absolute atomic E-state index is 5.89. The lowest BCUT2D eigenvalue weighted by molar-refractivity contribution is 0.0848. The topological polar surface area (TPSA) is 70.3 Å². The van der Waals surface area contributed by atoms with Gasteiger partial charge < -0.3 is 15.2 Å². The normalized spacial score (nSPS) is 18.6. The molecule has 1 aliphatic heterocycles. The molecule has 1 aromatic heterocycles. The third-order valence-electron chi connectivity index (χ3n) is 3.32. The van der Waals surface area contributed by atoms with Gasteiger partial charge in [-0.05, 0) is 26.0 Å². The molecular weight excluding hydrogens is 254 g/mol. The molecule has 20 heavy (non-hydrogen) atoms. The van der Waals surface area contributed by atoms with E-state index in [0.717, 1.165) is 22.8 Å². The van der Waals surface area contributed by atoms with E-state index in [1.165, 1.54) is 0 Å². The number of rotatable bonds is 2. The fraction of sp³-hybridized carbons (Fsp3) is 0.333. The van der Waals surface area contributed by atoms with Gasteiger partial charge in [-0.3, -0.25) is 0 Å². The van der Waals surface area contributed by atoms with Gasteiger partial charge in [0, 0.05) is 23.5 Å². The molecule has 2 atom stereocenters. The first-order valence-corrected chi connectivity index (χ1v) is 6.62. The van der Waals surface area contributed by atoms with Gasteiger partial charge in [0.1, 0.15) is 6.61 Å². The van der Waals surface area contributed by atoms with E-state index < -0.39 is 0 Å². The maximum Gasteiger partial charge on any atom is 0.192 e. The van der Waals surface area contributed by atoms with E-state index in [0.29, 0.717) is 12.4 Å². The molecule has 104 valence electrons. The first kappa shape index (κ1) is 12.9. The highest BCUT2D eigenvalue weighted by atomic mass is 16.6. The van der Waals surface area contributed by atoms with Crippen molar-refractivity contribution < 1.29 is 9.47 Å². The van der Waals surface area contributed by atoms with Crippen LogP contribution in [-0.4, -0.2) is 16.6 Å². The highest BCUT2D eigenvalue weighted by Crippen LogP contribution is 2.35. The van der Waals surface area contributed by atoms with Gasteiger partial charge in [-0.25, -0.2) is 9.97 Å². The van der Waals surface area contributed by atoms with Crippen LogP contribution in [0.4, 0.5) is 0 Å². The molecule has 0 aliphatic carbocycles. The van der Waals surface area contributed by atoms with Crippen LogP contribution in [0.5, 0.6) is 11.5 Å². The maximum atomic E-state index is 5.89. The predicted octanol–water partition coefficient (Wildman–Crippen LogP) is 2.32. The van der Waals surface area contributed by atoms with Gasteiger partial charge in [-0.15, -0.1) is 0 Å². The van der Waals surface area contributed by atoms with Crippen molar-refractivity contribution >= 4 is 0 Å². The van der Waals surface area contributed by atoms with E-state index in [1.807, 2.05) is 38.1 Å². The number of aryl methyl sites for hydroxylation is 1. The zero-order valence-electron chi connectivity index (χ0n) is 11.5. The summed E-state index contributed by atoms with van der Waals surface area (Å²) in [7, 11) is 0. The van der Waals surface area contributed by atoms with E-state index in [9.17, 15) is 0 Å². The highest BCUT2D eigenvalue weighted by molar-refractivity contribution is 5.41. The number of para-hydroxylation sites is 2. The van der Waals surface area contributed by atoms with Gasteiger partial charge in [0.25, 0.3) is 0 Å². The SMILES string of the molecule is Cc1nc(C2COc3ccccc3O2)ncc1[C@@H](C)N. The molecular formula is C15H17N3O2. The summed E-state index contributed by atoms with van der Waals surface area (Å²) < 4.78 is 11.6. The van der Waals surface area contributed by atoms with Crippen molar-refractivity contribution in [2.75, 3.05) is 6.61 Å². The second-order valence-corrected chi connectivity index (χ2v) is 4.92. The molecule has 0 saturated heterocycles. The van der Waals surface area contributed by atoms with Crippen LogP contribution in [0.25, 0.3) is 0 Å². The van der Waals surface area contributed by atoms with Crippen LogP contribution in [0.2, 0.25) is 0 Å². The summed E-state index contributed by atoms with van der Waals surface area (Å²) in [5.74, 6) is 2.11. The Balaban J connectivity index is 1.86. The Morgan fingerprint density at radius 2 is 2.05 bits per heavy atom. The van der Waals surface area contributed by atoms with Crippen LogP contribution in [0.3, 0.4) is 0 Å². The van der Waals surface area contributed by atoms with Crippen LogP contribution in [0, 0.1) is 6.92 Å². The molecule has 1 aromatic carbocycles. The molecule has 0 amide bonds. The summed E-state index contributed by atoms with van der Waals surface area (Å²) >= 11 is 0. The minimum atomic E-state index is -0.286. The summed E-state index contributed by atoms with van der Waals surface area (Å²) in [5.41, 5.74) is 7.70. The molecule has 5 heteroatoms. The molecule has 1 aliphatic rings. The van der Waals surface area contributed by atoms with Crippen LogP contribution >= 0.6 is 0 Å². The monoisotopic (exact) mass is 271 g/mol. The largest absolute Gasteiger partial charge is 0.485 e. The van der Waals surface area contributed by atoms with E-state index in [4.69, 9.17) is 15.2 Å². The van der Waals surface area contributed by atoms with Crippen molar-refractivity contribution in [3.8, 4) is 11.5 Å². The molecule has 0 bridgehead atoms. The standard InChI is InChI=1S/C15H17N3O2/c1-9(16)11-7-17-15(18-10(11)2)14-8-19-12-5-3-4-6-13(12)20-14/h3-7,9,14H,8,16H2,1-2H3/t9-,14?/m1/s1. The predicted molar refractivity (Wildman–Crippen MR) is 74.7 cm³/mol. The van der Waals surface area contributed by atoms with Gasteiger partial charge in [-0.1, -0.05) is 12.1 Å². The number of aromatic nitrogens is 2. The molecule has 2 N–H and O–H groups in total. The first-order valence-electron chi connectivity index (χ1n) is 6.62. The van der Waals surface area contributed by atoms with E-state index in [2.05, 4.69) is 9.97 Å². The Morgan fingerprint density at radius 1 is 1.30 bits per heavy atom. The molecule has 5 nitrogen and oxygen atoms in total. The molecule has 0 saturated carbocycles. The number of benzene rings is 1. The summed E-state index contributed by atoms with van der Waals surface area (Å²) in [6.07, 6.45) is 1.48. The van der Waals surface area contributed by atoms with Gasteiger partial charge >= 0.3 is 0 Å². The van der Waals surface area contributed by atoms with Crippen LogP contribution in [0.15, 0.2) is 30.5 Å². The van der Waals surface area contributed by atoms with Crippen LogP contribution < -0.4 is 15.2 Å². The average molecular weight is 271 g/mol. The Kier molecular flexibility index (Phi) is 3.28. The number of fused-ring (bicyclic) bond motifs is 1. The van der Waals surface area contributed by atoms with E-state index in [1.54, 1.807) is 6.20 Å². The molecule has 0 spiro atoms. The van der Waals surface area contributed by atoms with E-state index in [-0.39, 0.29) is 12.1 Å². The fourth-order valence-electron chi connectivity index (χ4n) is 2.24. The number of ether oxygens (including phenoxy) is 2. The molecule has 3 rings (SSSR count). The summed E-state index contributed by atoms with van der Waals surface area (Å²) in [5, 5.41) is 0. The minimum absolute atomic E-state index is 0.0756. The van der Waals surface area contributed by atoms with Crippen molar-refractivity contribution in [2.24, 2.45) is 5.73 Å². The zero-order chi connectivity index (χ0) is 14.1. The third kappa shape index (κ3) is 2.32. The zero-order valence-corrected chi connectivity index (χ0v) is 11.5. The minimum Gasteiger partial charge on any atom is -0.485 e. The van der Waals surface area contributed by atoms with Crippen molar-refractivity contribution in [1.29, 1.82) is 0 Å². The van der Waals surface area contributed by atoms with Gasteiger partial charge in [0.15, 0.2) is 23.4 Å². The Bertz CT molecular complexity index is 628. The van der Waals surface area contributed by atoms with Crippen LogP contribution in [0.1, 0.15) is 36.2 Å². The van der Waals surface area contributed by atoms with Gasteiger partial charge in [0.2, 0.25) is 0 Å². The van der Waals surface area contributed by atoms with Gasteiger partial charge in [-0.2, -0.15) is 0 Å². The van der Waals surface area contributed by atoms with E-state index >= 15 is 0 Å². The molecule has 2 aromatic rings. The second-order valence-electron chi connectivity index (χ2n) is 4.92. The lowest BCUT2D eigenvalue weighted by Crippen LogP contribution is -2.24. The lowest BCUT2D eigenvalue weighted by atomic mass is 10.1. The third-order valence-corrected chi connectivity index (χ3v) is 3.32. The lowest BCUT2D eigenvalue weighted by Gasteiger charge is -2.25. The van der Waals surface area contributed by atoms with Crippen LogP contribution in [-0.2, 0) is 0 Å². The van der Waals surface area contributed by atoms with Crippen molar-refractivity contribution in [1.82, 2.24) is 9.97 Å². The van der Waals surface area contributed by atoms with Gasteiger partial charge in [0.05, 0.1) is 0 Å². The Morgan fingerprint density at radius 3 is 2.75 bits per heavy atom. The molecule has 1 unspecified atom stereocenters. The fourth-order valence-corrected chi connectivity index (χ4v) is 2.24. The average Bonchev–Trinajstić information content (AvgIpc) is 2.46. The summed E-state index contributed by atoms with van der Waals surface area (Å²) in [6.45, 7) is 4.26. The Hall–Kier alpha value is -2.14. The number of nitrogens with zero attached hydrogens (tertiary/aromatic N) is 2. The number of nitrogens with two attached hydrogens (primary N) is 1. The number of hydrogen-bond acceptors (Lipinski definition) is 5. The number of hydrogen-bond donors (Lipinski definition) is 1. The summed E-state index contributed by atoms with van der Waals surface area (Å²) in [6, 6.07) is 7.52.